The van der Waals surface area contributed by atoms with Gasteiger partial charge in [0.15, 0.2) is 5.75 Å². The fourth-order valence-electron chi connectivity index (χ4n) is 1.54. The molecule has 0 heterocycles. The summed E-state index contributed by atoms with van der Waals surface area (Å²) in [5.41, 5.74) is 4.74. The third kappa shape index (κ3) is 3.04. The highest BCUT2D eigenvalue weighted by atomic mass is 79.9. The largest absolute Gasteiger partial charge is 0.454 e. The number of rotatable bonds is 2. The number of halogens is 5. The summed E-state index contributed by atoms with van der Waals surface area (Å²) in [6.45, 7) is 0. The summed E-state index contributed by atoms with van der Waals surface area (Å²) in [4.78, 5) is 0. The summed E-state index contributed by atoms with van der Waals surface area (Å²) in [5.74, 6) is -1.46. The van der Waals surface area contributed by atoms with E-state index in [9.17, 15) is 17.6 Å². The third-order valence-electron chi connectivity index (χ3n) is 2.48. The van der Waals surface area contributed by atoms with Crippen LogP contribution < -0.4 is 10.5 Å². The van der Waals surface area contributed by atoms with Crippen molar-refractivity contribution in [3.63, 3.8) is 0 Å². The van der Waals surface area contributed by atoms with Crippen LogP contribution in [0.1, 0.15) is 5.56 Å². The number of hydrogen-bond donors (Lipinski definition) is 1. The average Bonchev–Trinajstić information content (AvgIpc) is 2.33. The van der Waals surface area contributed by atoms with Crippen LogP contribution in [-0.4, -0.2) is 0 Å². The van der Waals surface area contributed by atoms with Gasteiger partial charge in [0.05, 0.1) is 11.3 Å². The van der Waals surface area contributed by atoms with Crippen LogP contribution in [0, 0.1) is 5.82 Å². The first-order valence-electron chi connectivity index (χ1n) is 5.37. The van der Waals surface area contributed by atoms with Gasteiger partial charge >= 0.3 is 6.18 Å². The number of ether oxygens (including phenoxy) is 1. The Morgan fingerprint density at radius 1 is 1.05 bits per heavy atom. The molecule has 0 bridgehead atoms. The molecule has 106 valence electrons. The van der Waals surface area contributed by atoms with Gasteiger partial charge in [-0.1, -0.05) is 6.07 Å². The number of anilines is 1. The SMILES string of the molecule is Nc1c(Br)cccc1Oc1cc(F)ccc1C(F)(F)F. The lowest BCUT2D eigenvalue weighted by atomic mass is 10.2. The maximum Gasteiger partial charge on any atom is 0.419 e. The number of alkyl halides is 3. The zero-order chi connectivity index (χ0) is 14.9. The molecule has 0 amide bonds. The van der Waals surface area contributed by atoms with Crippen LogP contribution >= 0.6 is 15.9 Å². The molecule has 2 N–H and O–H groups in total. The molecule has 0 radical (unpaired) electrons. The Morgan fingerprint density at radius 2 is 1.75 bits per heavy atom. The molecule has 7 heteroatoms. The van der Waals surface area contributed by atoms with Crippen molar-refractivity contribution in [3.8, 4) is 11.5 Å². The first kappa shape index (κ1) is 14.6. The highest BCUT2D eigenvalue weighted by molar-refractivity contribution is 9.10. The molecule has 2 aromatic rings. The lowest BCUT2D eigenvalue weighted by molar-refractivity contribution is -0.138. The summed E-state index contributed by atoms with van der Waals surface area (Å²) in [6, 6.07) is 6.56. The van der Waals surface area contributed by atoms with Crippen molar-refractivity contribution in [1.29, 1.82) is 0 Å². The quantitative estimate of drug-likeness (QED) is 0.612. The van der Waals surface area contributed by atoms with Crippen molar-refractivity contribution < 1.29 is 22.3 Å². The summed E-state index contributed by atoms with van der Waals surface area (Å²) < 4.78 is 57.2. The zero-order valence-corrected chi connectivity index (χ0v) is 11.4. The van der Waals surface area contributed by atoms with Gasteiger partial charge in [0, 0.05) is 10.5 Å². The molecule has 2 aromatic carbocycles. The van der Waals surface area contributed by atoms with Crippen LogP contribution in [0.15, 0.2) is 40.9 Å². The second-order valence-corrected chi connectivity index (χ2v) is 4.75. The van der Waals surface area contributed by atoms with Crippen LogP contribution in [0.25, 0.3) is 0 Å². The van der Waals surface area contributed by atoms with Crippen molar-refractivity contribution in [2.75, 3.05) is 5.73 Å². The molecule has 0 aromatic heterocycles. The van der Waals surface area contributed by atoms with Gasteiger partial charge in [0.2, 0.25) is 0 Å². The maximum atomic E-state index is 13.1. The van der Waals surface area contributed by atoms with E-state index in [2.05, 4.69) is 15.9 Å². The Hall–Kier alpha value is -1.76. The van der Waals surface area contributed by atoms with E-state index in [0.29, 0.717) is 16.6 Å². The van der Waals surface area contributed by atoms with Gasteiger partial charge in [-0.3, -0.25) is 0 Å². The van der Waals surface area contributed by atoms with Crippen LogP contribution in [-0.2, 0) is 6.18 Å². The molecule has 2 rings (SSSR count). The topological polar surface area (TPSA) is 35.2 Å². The van der Waals surface area contributed by atoms with E-state index in [-0.39, 0.29) is 11.4 Å². The number of benzene rings is 2. The van der Waals surface area contributed by atoms with E-state index in [1.54, 1.807) is 12.1 Å². The van der Waals surface area contributed by atoms with Gasteiger partial charge in [0.25, 0.3) is 0 Å². The molecule has 0 aliphatic carbocycles. The van der Waals surface area contributed by atoms with E-state index in [4.69, 9.17) is 10.5 Å². The maximum absolute atomic E-state index is 13.1. The molecule has 0 spiro atoms. The predicted molar refractivity (Wildman–Crippen MR) is 70.0 cm³/mol. The van der Waals surface area contributed by atoms with Crippen LogP contribution in [0.5, 0.6) is 11.5 Å². The monoisotopic (exact) mass is 349 g/mol. The van der Waals surface area contributed by atoms with Gasteiger partial charge in [-0.15, -0.1) is 0 Å². The Morgan fingerprint density at radius 3 is 2.40 bits per heavy atom. The normalized spacial score (nSPS) is 11.4. The van der Waals surface area contributed by atoms with E-state index < -0.39 is 23.3 Å². The molecular formula is C13H8BrF4NO. The first-order valence-corrected chi connectivity index (χ1v) is 6.17. The van der Waals surface area contributed by atoms with Gasteiger partial charge in [-0.05, 0) is 40.2 Å². The van der Waals surface area contributed by atoms with Crippen LogP contribution in [0.2, 0.25) is 0 Å². The van der Waals surface area contributed by atoms with Crippen molar-refractivity contribution in [2.24, 2.45) is 0 Å². The van der Waals surface area contributed by atoms with Crippen LogP contribution in [0.4, 0.5) is 23.2 Å². The summed E-state index contributed by atoms with van der Waals surface area (Å²) in [5, 5.41) is 0. The molecule has 0 aliphatic rings. The zero-order valence-electron chi connectivity index (χ0n) is 9.84. The number of hydrogen-bond acceptors (Lipinski definition) is 2. The Labute approximate surface area is 120 Å². The molecular weight excluding hydrogens is 342 g/mol. The van der Waals surface area contributed by atoms with Crippen LogP contribution in [0.3, 0.4) is 0 Å². The molecule has 20 heavy (non-hydrogen) atoms. The Kier molecular flexibility index (Phi) is 3.89. The minimum Gasteiger partial charge on any atom is -0.454 e. The smallest absolute Gasteiger partial charge is 0.419 e. The fourth-order valence-corrected chi connectivity index (χ4v) is 1.89. The summed E-state index contributed by atoms with van der Waals surface area (Å²) >= 11 is 3.13. The lowest BCUT2D eigenvalue weighted by Gasteiger charge is -2.15. The van der Waals surface area contributed by atoms with E-state index in [0.717, 1.165) is 6.07 Å². The number of nitrogen functional groups attached to an aromatic ring is 1. The highest BCUT2D eigenvalue weighted by Crippen LogP contribution is 2.40. The molecule has 2 nitrogen and oxygen atoms in total. The molecule has 0 atom stereocenters. The van der Waals surface area contributed by atoms with Gasteiger partial charge < -0.3 is 10.5 Å². The van der Waals surface area contributed by atoms with Gasteiger partial charge in [-0.2, -0.15) is 13.2 Å². The highest BCUT2D eigenvalue weighted by Gasteiger charge is 2.34. The molecule has 0 unspecified atom stereocenters. The standard InChI is InChI=1S/C13H8BrF4NO/c14-9-2-1-3-10(12(9)19)20-11-6-7(15)4-5-8(11)13(16,17)18/h1-6H,19H2. The first-order chi connectivity index (χ1) is 9.29. The Bertz CT molecular complexity index is 643. The molecule has 0 saturated carbocycles. The number of para-hydroxylation sites is 1. The van der Waals surface area contributed by atoms with Crippen molar-refractivity contribution in [3.05, 3.63) is 52.3 Å². The molecule has 0 fully saturated rings. The van der Waals surface area contributed by atoms with Crippen molar-refractivity contribution in [2.45, 2.75) is 6.18 Å². The summed E-state index contributed by atoms with van der Waals surface area (Å²) in [7, 11) is 0. The second kappa shape index (κ2) is 5.32. The van der Waals surface area contributed by atoms with Crippen molar-refractivity contribution in [1.82, 2.24) is 0 Å². The average molecular weight is 350 g/mol. The summed E-state index contributed by atoms with van der Waals surface area (Å²) in [6.07, 6.45) is -4.65. The van der Waals surface area contributed by atoms with Gasteiger partial charge in [0.1, 0.15) is 11.6 Å². The lowest BCUT2D eigenvalue weighted by Crippen LogP contribution is -2.07. The van der Waals surface area contributed by atoms with E-state index in [1.807, 2.05) is 0 Å². The molecule has 0 aliphatic heterocycles. The van der Waals surface area contributed by atoms with Gasteiger partial charge in [-0.25, -0.2) is 4.39 Å². The Balaban J connectivity index is 2.48. The number of nitrogens with two attached hydrogens (primary N) is 1. The van der Waals surface area contributed by atoms with E-state index in [1.165, 1.54) is 6.07 Å². The molecule has 0 saturated heterocycles. The third-order valence-corrected chi connectivity index (χ3v) is 3.17. The predicted octanol–water partition coefficient (Wildman–Crippen LogP) is 4.98. The minimum atomic E-state index is -4.65. The fraction of sp³-hybridized carbons (Fsp3) is 0.0769. The minimum absolute atomic E-state index is 0.00970. The van der Waals surface area contributed by atoms with Crippen molar-refractivity contribution >= 4 is 21.6 Å². The van der Waals surface area contributed by atoms with E-state index >= 15 is 0 Å². The second-order valence-electron chi connectivity index (χ2n) is 3.89.